The SMILES string of the molecule is O=C(CCc1cnn(-c2ccccc2)c1)NNC(=O)c1ccc(-c2ccc(F)cc2)s1. The molecule has 0 saturated carbocycles. The van der Waals surface area contributed by atoms with Crippen LogP contribution in [-0.4, -0.2) is 21.6 Å². The molecule has 0 atom stereocenters. The first-order valence-electron chi connectivity index (χ1n) is 9.62. The first-order valence-corrected chi connectivity index (χ1v) is 10.4. The van der Waals surface area contributed by atoms with Gasteiger partial charge < -0.3 is 0 Å². The number of thiophene rings is 1. The van der Waals surface area contributed by atoms with Crippen LogP contribution in [0.15, 0.2) is 79.1 Å². The summed E-state index contributed by atoms with van der Waals surface area (Å²) in [5.74, 6) is -1.01. The molecule has 0 fully saturated rings. The molecule has 0 bridgehead atoms. The molecule has 0 aliphatic carbocycles. The van der Waals surface area contributed by atoms with Crippen molar-refractivity contribution in [2.75, 3.05) is 0 Å². The average Bonchev–Trinajstić information content (AvgIpc) is 3.47. The van der Waals surface area contributed by atoms with E-state index in [0.29, 0.717) is 11.3 Å². The normalized spacial score (nSPS) is 10.6. The zero-order valence-corrected chi connectivity index (χ0v) is 17.2. The number of carbonyl (C=O) groups excluding carboxylic acids is 2. The number of amides is 2. The van der Waals surface area contributed by atoms with Crippen LogP contribution in [-0.2, 0) is 11.2 Å². The molecule has 2 N–H and O–H groups in total. The minimum atomic E-state index is -0.399. The molecular weight excluding hydrogens is 415 g/mol. The Morgan fingerprint density at radius 2 is 1.74 bits per heavy atom. The van der Waals surface area contributed by atoms with E-state index in [4.69, 9.17) is 0 Å². The Morgan fingerprint density at radius 3 is 2.52 bits per heavy atom. The van der Waals surface area contributed by atoms with E-state index in [1.165, 1.54) is 23.5 Å². The number of nitrogens with one attached hydrogen (secondary N) is 2. The zero-order chi connectivity index (χ0) is 21.6. The van der Waals surface area contributed by atoms with Gasteiger partial charge in [0.2, 0.25) is 5.91 Å². The van der Waals surface area contributed by atoms with Crippen molar-refractivity contribution >= 4 is 23.2 Å². The summed E-state index contributed by atoms with van der Waals surface area (Å²) < 4.78 is 14.8. The molecule has 0 spiro atoms. The van der Waals surface area contributed by atoms with E-state index >= 15 is 0 Å². The van der Waals surface area contributed by atoms with Crippen molar-refractivity contribution < 1.29 is 14.0 Å². The van der Waals surface area contributed by atoms with E-state index in [1.807, 2.05) is 36.5 Å². The number of benzene rings is 2. The molecule has 0 unspecified atom stereocenters. The number of aromatic nitrogens is 2. The summed E-state index contributed by atoms with van der Waals surface area (Å²) in [5, 5.41) is 4.31. The van der Waals surface area contributed by atoms with E-state index in [9.17, 15) is 14.0 Å². The van der Waals surface area contributed by atoms with Crippen LogP contribution in [0.1, 0.15) is 21.7 Å². The van der Waals surface area contributed by atoms with Crippen LogP contribution in [0.4, 0.5) is 4.39 Å². The summed E-state index contributed by atoms with van der Waals surface area (Å²) in [5.41, 5.74) is 7.56. The number of nitrogens with zero attached hydrogens (tertiary/aromatic N) is 2. The Balaban J connectivity index is 1.26. The van der Waals surface area contributed by atoms with Gasteiger partial charge in [-0.3, -0.25) is 20.4 Å². The van der Waals surface area contributed by atoms with Crippen molar-refractivity contribution in [3.05, 3.63) is 95.4 Å². The van der Waals surface area contributed by atoms with Gasteiger partial charge in [-0.2, -0.15) is 5.10 Å². The number of hydrazine groups is 1. The predicted molar refractivity (Wildman–Crippen MR) is 117 cm³/mol. The summed E-state index contributed by atoms with van der Waals surface area (Å²) in [6.45, 7) is 0. The Bertz CT molecular complexity index is 1190. The maximum Gasteiger partial charge on any atom is 0.279 e. The molecule has 156 valence electrons. The Hall–Kier alpha value is -3.78. The van der Waals surface area contributed by atoms with Crippen molar-refractivity contribution in [1.29, 1.82) is 0 Å². The largest absolute Gasteiger partial charge is 0.279 e. The van der Waals surface area contributed by atoms with Crippen LogP contribution < -0.4 is 10.9 Å². The van der Waals surface area contributed by atoms with Crippen molar-refractivity contribution in [1.82, 2.24) is 20.6 Å². The number of aryl methyl sites for hydroxylation is 1. The molecule has 4 rings (SSSR count). The summed E-state index contributed by atoms with van der Waals surface area (Å²) in [7, 11) is 0. The standard InChI is InChI=1S/C23H19FN4O2S/c24-18-9-7-17(8-10-18)20-11-12-21(31-20)23(30)27-26-22(29)13-6-16-14-25-28(15-16)19-4-2-1-3-5-19/h1-5,7-12,14-15H,6,13H2,(H,26,29)(H,27,30). The van der Waals surface area contributed by atoms with Crippen LogP contribution in [0.2, 0.25) is 0 Å². The number of hydrogen-bond donors (Lipinski definition) is 2. The lowest BCUT2D eigenvalue weighted by molar-refractivity contribution is -0.121. The smallest absolute Gasteiger partial charge is 0.273 e. The third-order valence-electron chi connectivity index (χ3n) is 4.57. The van der Waals surface area contributed by atoms with E-state index < -0.39 is 5.91 Å². The summed E-state index contributed by atoms with van der Waals surface area (Å²) in [6.07, 6.45) is 4.32. The van der Waals surface area contributed by atoms with E-state index in [2.05, 4.69) is 16.0 Å². The monoisotopic (exact) mass is 434 g/mol. The van der Waals surface area contributed by atoms with Crippen LogP contribution >= 0.6 is 11.3 Å². The van der Waals surface area contributed by atoms with E-state index in [1.54, 1.807) is 35.1 Å². The second-order valence-corrected chi connectivity index (χ2v) is 7.89. The quantitative estimate of drug-likeness (QED) is 0.448. The molecule has 31 heavy (non-hydrogen) atoms. The summed E-state index contributed by atoms with van der Waals surface area (Å²) in [4.78, 5) is 25.7. The molecule has 2 aromatic carbocycles. The lowest BCUT2D eigenvalue weighted by Crippen LogP contribution is -2.41. The van der Waals surface area contributed by atoms with E-state index in [-0.39, 0.29) is 18.1 Å². The lowest BCUT2D eigenvalue weighted by atomic mass is 10.2. The molecule has 6 nitrogen and oxygen atoms in total. The number of carbonyl (C=O) groups is 2. The van der Waals surface area contributed by atoms with Crippen molar-refractivity contribution in [2.24, 2.45) is 0 Å². The lowest BCUT2D eigenvalue weighted by Gasteiger charge is -2.05. The minimum Gasteiger partial charge on any atom is -0.273 e. The van der Waals surface area contributed by atoms with Crippen molar-refractivity contribution in [3.63, 3.8) is 0 Å². The van der Waals surface area contributed by atoms with Crippen molar-refractivity contribution in [3.8, 4) is 16.1 Å². The molecule has 0 saturated heterocycles. The van der Waals surface area contributed by atoms with Gasteiger partial charge in [0.25, 0.3) is 5.91 Å². The van der Waals surface area contributed by atoms with Gasteiger partial charge in [0.15, 0.2) is 0 Å². The molecule has 2 aromatic heterocycles. The molecule has 2 amide bonds. The molecule has 8 heteroatoms. The van der Waals surface area contributed by atoms with Gasteiger partial charge in [-0.1, -0.05) is 30.3 Å². The molecular formula is C23H19FN4O2S. The van der Waals surface area contributed by atoms with Crippen LogP contribution in [0, 0.1) is 5.82 Å². The van der Waals surface area contributed by atoms with Crippen LogP contribution in [0.3, 0.4) is 0 Å². The topological polar surface area (TPSA) is 76.0 Å². The first kappa shape index (κ1) is 20.5. The maximum absolute atomic E-state index is 13.1. The fourth-order valence-corrected chi connectivity index (χ4v) is 3.86. The molecule has 4 aromatic rings. The van der Waals surface area contributed by atoms with Crippen LogP contribution in [0.25, 0.3) is 16.1 Å². The van der Waals surface area contributed by atoms with Gasteiger partial charge in [-0.05, 0) is 53.9 Å². The van der Waals surface area contributed by atoms with Crippen LogP contribution in [0.5, 0.6) is 0 Å². The highest BCUT2D eigenvalue weighted by molar-refractivity contribution is 7.17. The minimum absolute atomic E-state index is 0.214. The maximum atomic E-state index is 13.1. The third kappa shape index (κ3) is 5.23. The first-order chi connectivity index (χ1) is 15.1. The Morgan fingerprint density at radius 1 is 0.968 bits per heavy atom. The Kier molecular flexibility index (Phi) is 6.18. The Labute approximate surface area is 182 Å². The molecule has 2 heterocycles. The van der Waals surface area contributed by atoms with Gasteiger partial charge in [0.05, 0.1) is 16.8 Å². The fourth-order valence-electron chi connectivity index (χ4n) is 2.95. The number of halogens is 1. The van der Waals surface area contributed by atoms with Gasteiger partial charge in [0.1, 0.15) is 5.82 Å². The van der Waals surface area contributed by atoms with Crippen molar-refractivity contribution in [2.45, 2.75) is 12.8 Å². The number of hydrogen-bond acceptors (Lipinski definition) is 4. The average molecular weight is 434 g/mol. The molecule has 0 aliphatic heterocycles. The third-order valence-corrected chi connectivity index (χ3v) is 5.70. The second-order valence-electron chi connectivity index (χ2n) is 6.80. The van der Waals surface area contributed by atoms with Gasteiger partial charge in [0, 0.05) is 17.5 Å². The summed E-state index contributed by atoms with van der Waals surface area (Å²) >= 11 is 1.27. The van der Waals surface area contributed by atoms with E-state index in [0.717, 1.165) is 21.7 Å². The highest BCUT2D eigenvalue weighted by Gasteiger charge is 2.12. The molecule has 0 radical (unpaired) electrons. The summed E-state index contributed by atoms with van der Waals surface area (Å²) in [6, 6.07) is 19.2. The highest BCUT2D eigenvalue weighted by atomic mass is 32.1. The number of rotatable bonds is 6. The fraction of sp³-hybridized carbons (Fsp3) is 0.0870. The molecule has 0 aliphatic rings. The van der Waals surface area contributed by atoms with Gasteiger partial charge >= 0.3 is 0 Å². The van der Waals surface area contributed by atoms with Gasteiger partial charge in [-0.25, -0.2) is 9.07 Å². The number of para-hydroxylation sites is 1. The second kappa shape index (κ2) is 9.36. The zero-order valence-electron chi connectivity index (χ0n) is 16.4. The predicted octanol–water partition coefficient (Wildman–Crippen LogP) is 4.13. The highest BCUT2D eigenvalue weighted by Crippen LogP contribution is 2.28. The van der Waals surface area contributed by atoms with Gasteiger partial charge in [-0.15, -0.1) is 11.3 Å².